The van der Waals surface area contributed by atoms with Gasteiger partial charge in [0.2, 0.25) is 0 Å². The number of carbonyl (C=O) groups is 1. The summed E-state index contributed by atoms with van der Waals surface area (Å²) in [4.78, 5) is 20.5. The van der Waals surface area contributed by atoms with Gasteiger partial charge in [0.05, 0.1) is 10.7 Å². The molecule has 0 aliphatic carbocycles. The Hall–Kier alpha value is -2.53. The van der Waals surface area contributed by atoms with Crippen LogP contribution in [0.25, 0.3) is 11.3 Å². The SMILES string of the molecule is O=C(NCCc1nc(-c2ccncc2)cs1)c1ccccc1. The van der Waals surface area contributed by atoms with Crippen molar-refractivity contribution < 1.29 is 4.79 Å². The van der Waals surface area contributed by atoms with Gasteiger partial charge in [-0.3, -0.25) is 9.78 Å². The van der Waals surface area contributed by atoms with Crippen molar-refractivity contribution in [3.05, 3.63) is 70.8 Å². The highest BCUT2D eigenvalue weighted by molar-refractivity contribution is 7.09. The smallest absolute Gasteiger partial charge is 0.251 e. The molecular weight excluding hydrogens is 294 g/mol. The maximum absolute atomic E-state index is 11.9. The average Bonchev–Trinajstić information content (AvgIpc) is 3.05. The number of benzene rings is 1. The quantitative estimate of drug-likeness (QED) is 0.787. The van der Waals surface area contributed by atoms with Gasteiger partial charge in [0.1, 0.15) is 0 Å². The molecule has 0 bridgehead atoms. The number of nitrogens with one attached hydrogen (secondary N) is 1. The van der Waals surface area contributed by atoms with E-state index in [-0.39, 0.29) is 5.91 Å². The molecule has 0 saturated heterocycles. The van der Waals surface area contributed by atoms with Crippen molar-refractivity contribution >= 4 is 17.2 Å². The van der Waals surface area contributed by atoms with Gasteiger partial charge < -0.3 is 5.32 Å². The summed E-state index contributed by atoms with van der Waals surface area (Å²) in [5, 5.41) is 5.96. The molecule has 0 spiro atoms. The molecule has 5 heteroatoms. The zero-order valence-electron chi connectivity index (χ0n) is 11.9. The maximum atomic E-state index is 11.9. The summed E-state index contributed by atoms with van der Waals surface area (Å²) in [5.41, 5.74) is 2.70. The number of amides is 1. The van der Waals surface area contributed by atoms with Crippen molar-refractivity contribution in [1.82, 2.24) is 15.3 Å². The second-order valence-corrected chi connectivity index (χ2v) is 5.68. The van der Waals surface area contributed by atoms with Crippen LogP contribution in [-0.2, 0) is 6.42 Å². The lowest BCUT2D eigenvalue weighted by Gasteiger charge is -2.03. The minimum atomic E-state index is -0.0495. The second-order valence-electron chi connectivity index (χ2n) is 4.73. The molecule has 0 aliphatic rings. The first-order valence-electron chi connectivity index (χ1n) is 7.01. The molecule has 1 aromatic carbocycles. The summed E-state index contributed by atoms with van der Waals surface area (Å²) in [7, 11) is 0. The van der Waals surface area contributed by atoms with Crippen LogP contribution in [0.5, 0.6) is 0 Å². The van der Waals surface area contributed by atoms with E-state index < -0.39 is 0 Å². The van der Waals surface area contributed by atoms with Gasteiger partial charge in [-0.1, -0.05) is 18.2 Å². The topological polar surface area (TPSA) is 54.9 Å². The Kier molecular flexibility index (Phi) is 4.56. The van der Waals surface area contributed by atoms with Crippen LogP contribution in [0.3, 0.4) is 0 Å². The van der Waals surface area contributed by atoms with Crippen LogP contribution in [0.4, 0.5) is 0 Å². The summed E-state index contributed by atoms with van der Waals surface area (Å²) < 4.78 is 0. The molecule has 110 valence electrons. The molecule has 3 aromatic rings. The number of rotatable bonds is 5. The Bertz CT molecular complexity index is 741. The van der Waals surface area contributed by atoms with E-state index in [2.05, 4.69) is 15.3 Å². The molecule has 2 heterocycles. The number of carbonyl (C=O) groups excluding carboxylic acids is 1. The van der Waals surface area contributed by atoms with Crippen molar-refractivity contribution in [2.45, 2.75) is 6.42 Å². The lowest BCUT2D eigenvalue weighted by atomic mass is 10.2. The highest BCUT2D eigenvalue weighted by atomic mass is 32.1. The third kappa shape index (κ3) is 3.56. The summed E-state index contributed by atoms with van der Waals surface area (Å²) in [6, 6.07) is 13.1. The van der Waals surface area contributed by atoms with Gasteiger partial charge in [0.15, 0.2) is 0 Å². The summed E-state index contributed by atoms with van der Waals surface area (Å²) in [6.45, 7) is 0.580. The van der Waals surface area contributed by atoms with Crippen LogP contribution in [0.15, 0.2) is 60.2 Å². The second kappa shape index (κ2) is 6.95. The normalized spacial score (nSPS) is 10.4. The summed E-state index contributed by atoms with van der Waals surface area (Å²) in [6.07, 6.45) is 4.25. The minimum absolute atomic E-state index is 0.0495. The van der Waals surface area contributed by atoms with Crippen LogP contribution in [0.2, 0.25) is 0 Å². The van der Waals surface area contributed by atoms with Crippen LogP contribution in [-0.4, -0.2) is 22.4 Å². The molecule has 0 unspecified atom stereocenters. The molecule has 22 heavy (non-hydrogen) atoms. The zero-order valence-corrected chi connectivity index (χ0v) is 12.7. The Labute approximate surface area is 132 Å². The van der Waals surface area contributed by atoms with E-state index >= 15 is 0 Å². The van der Waals surface area contributed by atoms with E-state index in [0.717, 1.165) is 22.7 Å². The Balaban J connectivity index is 1.55. The monoisotopic (exact) mass is 309 g/mol. The van der Waals surface area contributed by atoms with Crippen molar-refractivity contribution in [1.29, 1.82) is 0 Å². The molecule has 0 atom stereocenters. The van der Waals surface area contributed by atoms with Crippen molar-refractivity contribution in [3.8, 4) is 11.3 Å². The van der Waals surface area contributed by atoms with Gasteiger partial charge in [-0.2, -0.15) is 0 Å². The van der Waals surface area contributed by atoms with Crippen LogP contribution >= 0.6 is 11.3 Å². The molecular formula is C17H15N3OS. The Morgan fingerprint density at radius 2 is 1.86 bits per heavy atom. The van der Waals surface area contributed by atoms with Gasteiger partial charge in [-0.25, -0.2) is 4.98 Å². The molecule has 0 aliphatic heterocycles. The molecule has 0 radical (unpaired) electrons. The summed E-state index contributed by atoms with van der Waals surface area (Å²) in [5.74, 6) is -0.0495. The van der Waals surface area contributed by atoms with Crippen LogP contribution in [0, 0.1) is 0 Å². The first-order chi connectivity index (χ1) is 10.8. The predicted octanol–water partition coefficient (Wildman–Crippen LogP) is 3.18. The molecule has 3 rings (SSSR count). The summed E-state index contributed by atoms with van der Waals surface area (Å²) >= 11 is 1.61. The highest BCUT2D eigenvalue weighted by Crippen LogP contribution is 2.21. The first-order valence-corrected chi connectivity index (χ1v) is 7.89. The molecule has 1 amide bonds. The number of thiazole rings is 1. The standard InChI is InChI=1S/C17H15N3OS/c21-17(14-4-2-1-3-5-14)19-11-8-16-20-15(12-22-16)13-6-9-18-10-7-13/h1-7,9-10,12H,8,11H2,(H,19,21). The molecule has 2 aromatic heterocycles. The minimum Gasteiger partial charge on any atom is -0.352 e. The van der Waals surface area contributed by atoms with Crippen molar-refractivity contribution in [2.75, 3.05) is 6.54 Å². The van der Waals surface area contributed by atoms with Crippen molar-refractivity contribution in [2.24, 2.45) is 0 Å². The third-order valence-corrected chi connectivity index (χ3v) is 4.10. The zero-order chi connectivity index (χ0) is 15.2. The molecule has 0 fully saturated rings. The average molecular weight is 309 g/mol. The van der Waals surface area contributed by atoms with E-state index in [9.17, 15) is 4.79 Å². The van der Waals surface area contributed by atoms with Gasteiger partial charge in [-0.05, 0) is 24.3 Å². The number of pyridine rings is 1. The largest absolute Gasteiger partial charge is 0.352 e. The molecule has 0 saturated carbocycles. The fraction of sp³-hybridized carbons (Fsp3) is 0.118. The number of nitrogens with zero attached hydrogens (tertiary/aromatic N) is 2. The molecule has 1 N–H and O–H groups in total. The fourth-order valence-electron chi connectivity index (χ4n) is 2.06. The van der Waals surface area contributed by atoms with E-state index in [0.29, 0.717) is 12.1 Å². The highest BCUT2D eigenvalue weighted by Gasteiger charge is 2.06. The van der Waals surface area contributed by atoms with Crippen LogP contribution in [0.1, 0.15) is 15.4 Å². The van der Waals surface area contributed by atoms with Gasteiger partial charge in [0, 0.05) is 41.9 Å². The van der Waals surface area contributed by atoms with Crippen LogP contribution < -0.4 is 5.32 Å². The van der Waals surface area contributed by atoms with Crippen molar-refractivity contribution in [3.63, 3.8) is 0 Å². The predicted molar refractivity (Wildman–Crippen MR) is 87.8 cm³/mol. The van der Waals surface area contributed by atoms with Gasteiger partial charge in [-0.15, -0.1) is 11.3 Å². The maximum Gasteiger partial charge on any atom is 0.251 e. The lowest BCUT2D eigenvalue weighted by molar-refractivity contribution is 0.0954. The van der Waals surface area contributed by atoms with E-state index in [1.54, 1.807) is 35.9 Å². The number of aromatic nitrogens is 2. The van der Waals surface area contributed by atoms with E-state index in [1.807, 2.05) is 35.7 Å². The third-order valence-electron chi connectivity index (χ3n) is 3.19. The lowest BCUT2D eigenvalue weighted by Crippen LogP contribution is -2.25. The van der Waals surface area contributed by atoms with E-state index in [4.69, 9.17) is 0 Å². The fourth-order valence-corrected chi connectivity index (χ4v) is 2.86. The first kappa shape index (κ1) is 14.4. The Morgan fingerprint density at radius 1 is 1.09 bits per heavy atom. The number of hydrogen-bond acceptors (Lipinski definition) is 4. The Morgan fingerprint density at radius 3 is 2.64 bits per heavy atom. The van der Waals surface area contributed by atoms with E-state index in [1.165, 1.54) is 0 Å². The van der Waals surface area contributed by atoms with Gasteiger partial charge >= 0.3 is 0 Å². The number of hydrogen-bond donors (Lipinski definition) is 1. The van der Waals surface area contributed by atoms with Gasteiger partial charge in [0.25, 0.3) is 5.91 Å². The molecule has 4 nitrogen and oxygen atoms in total.